The fraction of sp³-hybridized carbons (Fsp3) is 1.00. The van der Waals surface area contributed by atoms with E-state index in [0.717, 1.165) is 29.6 Å². The largest absolute Gasteiger partial charge is 0.405 e. The van der Waals surface area contributed by atoms with Gasteiger partial charge in [0.1, 0.15) is 7.28 Å². The van der Waals surface area contributed by atoms with Crippen molar-refractivity contribution in [2.75, 3.05) is 6.51 Å². The molecule has 0 aromatic heterocycles. The Morgan fingerprint density at radius 1 is 0.913 bits per heavy atom. The highest BCUT2D eigenvalue weighted by atomic mass is 16.2. The molecule has 129 valence electrons. The summed E-state index contributed by atoms with van der Waals surface area (Å²) >= 11 is 0. The van der Waals surface area contributed by atoms with E-state index in [-0.39, 0.29) is 6.51 Å². The van der Waals surface area contributed by atoms with E-state index in [4.69, 9.17) is 0 Å². The normalized spacial score (nSPS) is 55.7. The predicted octanol–water partition coefficient (Wildman–Crippen LogP) is 5.11. The summed E-state index contributed by atoms with van der Waals surface area (Å²) in [5, 5.41) is 9.43. The summed E-state index contributed by atoms with van der Waals surface area (Å²) in [6.45, 7) is 8.00. The van der Waals surface area contributed by atoms with Gasteiger partial charge in [0.2, 0.25) is 0 Å². The second-order valence-corrected chi connectivity index (χ2v) is 10.2. The average Bonchev–Trinajstić information content (AvgIpc) is 2.85. The Hall–Kier alpha value is 0.0249. The van der Waals surface area contributed by atoms with Crippen molar-refractivity contribution in [1.82, 2.24) is 0 Å². The Morgan fingerprint density at radius 2 is 1.65 bits per heavy atom. The SMILES string of the molecule is CC1CCC2(C)C(CCC3C4CCC([B]CO)C4(C)CCC32)C1. The van der Waals surface area contributed by atoms with Crippen LogP contribution in [0.4, 0.5) is 0 Å². The first kappa shape index (κ1) is 16.5. The zero-order chi connectivity index (χ0) is 16.2. The minimum atomic E-state index is 0.277. The maximum atomic E-state index is 9.43. The highest BCUT2D eigenvalue weighted by Gasteiger charge is 2.59. The van der Waals surface area contributed by atoms with E-state index in [1.54, 1.807) is 0 Å². The highest BCUT2D eigenvalue weighted by Crippen LogP contribution is 2.68. The molecule has 8 atom stereocenters. The molecular weight excluding hydrogens is 279 g/mol. The van der Waals surface area contributed by atoms with E-state index in [1.807, 2.05) is 0 Å². The van der Waals surface area contributed by atoms with Crippen LogP contribution in [-0.2, 0) is 0 Å². The number of aliphatic hydroxyl groups is 1. The molecule has 0 bridgehead atoms. The molecule has 0 aromatic rings. The molecule has 1 N–H and O–H groups in total. The smallest absolute Gasteiger partial charge is 0.149 e. The average molecular weight is 315 g/mol. The van der Waals surface area contributed by atoms with Gasteiger partial charge in [-0.15, -0.1) is 0 Å². The molecule has 1 nitrogen and oxygen atoms in total. The summed E-state index contributed by atoms with van der Waals surface area (Å²) in [6, 6.07) is 0. The maximum Gasteiger partial charge on any atom is 0.149 e. The fourth-order valence-electron chi connectivity index (χ4n) is 8.03. The topological polar surface area (TPSA) is 20.2 Å². The van der Waals surface area contributed by atoms with Gasteiger partial charge in [-0.1, -0.05) is 45.9 Å². The molecule has 0 spiro atoms. The van der Waals surface area contributed by atoms with E-state index in [9.17, 15) is 5.11 Å². The lowest BCUT2D eigenvalue weighted by Crippen LogP contribution is -2.53. The van der Waals surface area contributed by atoms with Crippen LogP contribution in [0, 0.1) is 40.4 Å². The van der Waals surface area contributed by atoms with Gasteiger partial charge in [0.05, 0.1) is 0 Å². The van der Waals surface area contributed by atoms with Gasteiger partial charge in [-0.05, 0) is 78.9 Å². The van der Waals surface area contributed by atoms with Crippen LogP contribution in [0.15, 0.2) is 0 Å². The Morgan fingerprint density at radius 3 is 2.43 bits per heavy atom. The molecule has 4 rings (SSSR count). The van der Waals surface area contributed by atoms with Gasteiger partial charge in [-0.25, -0.2) is 0 Å². The van der Waals surface area contributed by atoms with Crippen LogP contribution >= 0.6 is 0 Å². The molecule has 0 heterocycles. The van der Waals surface area contributed by atoms with Gasteiger partial charge < -0.3 is 5.11 Å². The molecule has 8 unspecified atom stereocenters. The van der Waals surface area contributed by atoms with Crippen LogP contribution in [0.25, 0.3) is 0 Å². The quantitative estimate of drug-likeness (QED) is 0.702. The van der Waals surface area contributed by atoms with E-state index in [0.29, 0.717) is 16.6 Å². The van der Waals surface area contributed by atoms with Gasteiger partial charge in [-0.3, -0.25) is 0 Å². The first-order valence-corrected chi connectivity index (χ1v) is 10.4. The Labute approximate surface area is 144 Å². The van der Waals surface area contributed by atoms with Gasteiger partial charge in [0, 0.05) is 6.51 Å². The van der Waals surface area contributed by atoms with E-state index >= 15 is 0 Å². The molecule has 0 amide bonds. The van der Waals surface area contributed by atoms with Crippen LogP contribution < -0.4 is 0 Å². The molecule has 2 heteroatoms. The van der Waals surface area contributed by atoms with Gasteiger partial charge in [0.25, 0.3) is 0 Å². The lowest BCUT2D eigenvalue weighted by Gasteiger charge is -2.61. The summed E-state index contributed by atoms with van der Waals surface area (Å²) in [7, 11) is 2.23. The number of hydrogen-bond donors (Lipinski definition) is 1. The van der Waals surface area contributed by atoms with Crippen LogP contribution in [0.2, 0.25) is 5.82 Å². The third-order valence-corrected chi connectivity index (χ3v) is 9.39. The fourth-order valence-corrected chi connectivity index (χ4v) is 8.03. The van der Waals surface area contributed by atoms with Crippen LogP contribution in [0.3, 0.4) is 0 Å². The Bertz CT molecular complexity index is 451. The summed E-state index contributed by atoms with van der Waals surface area (Å²) in [5.74, 6) is 5.58. The second kappa shape index (κ2) is 5.78. The summed E-state index contributed by atoms with van der Waals surface area (Å²) < 4.78 is 0. The van der Waals surface area contributed by atoms with Crippen molar-refractivity contribution < 1.29 is 5.11 Å². The third kappa shape index (κ3) is 2.37. The molecule has 4 aliphatic rings. The molecule has 4 aliphatic carbocycles. The second-order valence-electron chi connectivity index (χ2n) is 10.2. The number of fused-ring (bicyclic) bond motifs is 5. The molecule has 1 radical (unpaired) electrons. The van der Waals surface area contributed by atoms with Crippen LogP contribution in [0.1, 0.15) is 78.6 Å². The Balaban J connectivity index is 1.58. The lowest BCUT2D eigenvalue weighted by atomic mass is 9.42. The summed E-state index contributed by atoms with van der Waals surface area (Å²) in [4.78, 5) is 0. The van der Waals surface area contributed by atoms with Crippen molar-refractivity contribution in [3.63, 3.8) is 0 Å². The standard InChI is InChI=1S/C21H36BO/c1-14-8-10-20(2)15(12-14)4-5-16-17-6-7-19(22-13-23)21(17,3)11-9-18(16)20/h14-19,23H,4-13H2,1-3H3. The van der Waals surface area contributed by atoms with E-state index < -0.39 is 0 Å². The van der Waals surface area contributed by atoms with Gasteiger partial charge in [-0.2, -0.15) is 0 Å². The van der Waals surface area contributed by atoms with Crippen molar-refractivity contribution in [2.45, 2.75) is 84.4 Å². The number of rotatable bonds is 2. The van der Waals surface area contributed by atoms with E-state index in [2.05, 4.69) is 28.1 Å². The molecule has 23 heavy (non-hydrogen) atoms. The minimum absolute atomic E-state index is 0.277. The predicted molar refractivity (Wildman–Crippen MR) is 97.5 cm³/mol. The number of aliphatic hydroxyl groups excluding tert-OH is 1. The molecule has 4 fully saturated rings. The van der Waals surface area contributed by atoms with Gasteiger partial charge in [0.15, 0.2) is 0 Å². The first-order chi connectivity index (χ1) is 11.0. The Kier molecular flexibility index (Phi) is 4.15. The van der Waals surface area contributed by atoms with Crippen LogP contribution in [-0.4, -0.2) is 18.9 Å². The molecule has 0 aliphatic heterocycles. The van der Waals surface area contributed by atoms with Crippen molar-refractivity contribution in [1.29, 1.82) is 0 Å². The van der Waals surface area contributed by atoms with Gasteiger partial charge >= 0.3 is 0 Å². The summed E-state index contributed by atoms with van der Waals surface area (Å²) in [6.07, 6.45) is 13.1. The number of hydrogen-bond acceptors (Lipinski definition) is 1. The van der Waals surface area contributed by atoms with Crippen molar-refractivity contribution >= 4 is 7.28 Å². The monoisotopic (exact) mass is 315 g/mol. The zero-order valence-electron chi connectivity index (χ0n) is 15.6. The maximum absolute atomic E-state index is 9.43. The zero-order valence-corrected chi connectivity index (χ0v) is 15.6. The molecule has 0 saturated heterocycles. The van der Waals surface area contributed by atoms with Crippen molar-refractivity contribution in [2.24, 2.45) is 40.4 Å². The molecule has 0 aromatic carbocycles. The van der Waals surface area contributed by atoms with Crippen LogP contribution in [0.5, 0.6) is 0 Å². The summed E-state index contributed by atoms with van der Waals surface area (Å²) in [5.41, 5.74) is 1.14. The van der Waals surface area contributed by atoms with E-state index in [1.165, 1.54) is 57.8 Å². The molecular formula is C21H36BO. The van der Waals surface area contributed by atoms with Crippen molar-refractivity contribution in [3.05, 3.63) is 0 Å². The third-order valence-electron chi connectivity index (χ3n) is 9.39. The van der Waals surface area contributed by atoms with Crippen molar-refractivity contribution in [3.8, 4) is 0 Å². The first-order valence-electron chi connectivity index (χ1n) is 10.4. The highest BCUT2D eigenvalue weighted by molar-refractivity contribution is 6.37. The minimum Gasteiger partial charge on any atom is -0.405 e. The lowest BCUT2D eigenvalue weighted by molar-refractivity contribution is -0.110. The molecule has 4 saturated carbocycles.